The van der Waals surface area contributed by atoms with Gasteiger partial charge in [0.05, 0.1) is 12.2 Å². The summed E-state index contributed by atoms with van der Waals surface area (Å²) in [7, 11) is 0. The number of amides is 2. The lowest BCUT2D eigenvalue weighted by molar-refractivity contribution is 0.0701. The molecule has 0 saturated heterocycles. The van der Waals surface area contributed by atoms with E-state index in [-0.39, 0.29) is 17.5 Å². The topological polar surface area (TPSA) is 91.3 Å². The van der Waals surface area contributed by atoms with Crippen molar-refractivity contribution in [1.29, 1.82) is 0 Å². The second-order valence-electron chi connectivity index (χ2n) is 4.86. The summed E-state index contributed by atoms with van der Waals surface area (Å²) in [5, 5.41) is 15.0. The molecule has 2 atom stereocenters. The Morgan fingerprint density at radius 1 is 1.47 bits per heavy atom. The van der Waals surface area contributed by atoms with Crippen LogP contribution >= 0.6 is 11.3 Å². The summed E-state index contributed by atoms with van der Waals surface area (Å²) >= 11 is 1.09. The largest absolute Gasteiger partial charge is 0.477 e. The zero-order valence-electron chi connectivity index (χ0n) is 10.9. The molecule has 0 aromatic carbocycles. The van der Waals surface area contributed by atoms with Crippen LogP contribution in [0.25, 0.3) is 0 Å². The highest BCUT2D eigenvalue weighted by Gasteiger charge is 2.32. The Balaban J connectivity index is 1.76. The number of carboxylic acid groups (broad SMARTS) is 1. The smallest absolute Gasteiger partial charge is 0.347 e. The van der Waals surface area contributed by atoms with Gasteiger partial charge in [-0.15, -0.1) is 11.3 Å². The van der Waals surface area contributed by atoms with Crippen molar-refractivity contribution in [2.24, 2.45) is 11.8 Å². The normalized spacial score (nSPS) is 20.9. The maximum atomic E-state index is 11.5. The second kappa shape index (κ2) is 5.56. The summed E-state index contributed by atoms with van der Waals surface area (Å²) in [6.45, 7) is 4.77. The van der Waals surface area contributed by atoms with Gasteiger partial charge in [-0.25, -0.2) is 14.6 Å². The SMILES string of the molecule is Cc1nc(CNC(=O)NCC2CC2C)sc1C(=O)O. The van der Waals surface area contributed by atoms with Crippen molar-refractivity contribution in [2.75, 3.05) is 6.54 Å². The van der Waals surface area contributed by atoms with Gasteiger partial charge in [0.1, 0.15) is 9.88 Å². The van der Waals surface area contributed by atoms with Gasteiger partial charge in [-0.3, -0.25) is 0 Å². The van der Waals surface area contributed by atoms with E-state index in [4.69, 9.17) is 5.11 Å². The molecule has 1 aromatic heterocycles. The number of aromatic nitrogens is 1. The molecule has 6 nitrogen and oxygen atoms in total. The van der Waals surface area contributed by atoms with E-state index in [2.05, 4.69) is 22.5 Å². The molecule has 1 saturated carbocycles. The van der Waals surface area contributed by atoms with E-state index in [0.717, 1.165) is 11.3 Å². The summed E-state index contributed by atoms with van der Waals surface area (Å²) in [4.78, 5) is 26.7. The first-order chi connectivity index (χ1) is 8.97. The van der Waals surface area contributed by atoms with Gasteiger partial charge in [-0.2, -0.15) is 0 Å². The van der Waals surface area contributed by atoms with E-state index in [1.165, 1.54) is 6.42 Å². The number of nitrogens with zero attached hydrogens (tertiary/aromatic N) is 1. The highest BCUT2D eigenvalue weighted by molar-refractivity contribution is 7.13. The number of hydrogen-bond acceptors (Lipinski definition) is 4. The Kier molecular flexibility index (Phi) is 4.04. The second-order valence-corrected chi connectivity index (χ2v) is 5.95. The number of aromatic carboxylic acids is 1. The van der Waals surface area contributed by atoms with Crippen LogP contribution in [0.2, 0.25) is 0 Å². The number of urea groups is 1. The molecule has 1 aliphatic rings. The van der Waals surface area contributed by atoms with Gasteiger partial charge in [-0.1, -0.05) is 6.92 Å². The summed E-state index contributed by atoms with van der Waals surface area (Å²) in [5.41, 5.74) is 0.488. The van der Waals surface area contributed by atoms with Crippen molar-refractivity contribution in [3.05, 3.63) is 15.6 Å². The average molecular weight is 283 g/mol. The molecule has 2 unspecified atom stereocenters. The lowest BCUT2D eigenvalue weighted by Crippen LogP contribution is -2.36. The lowest BCUT2D eigenvalue weighted by atomic mass is 10.3. The molecule has 7 heteroatoms. The number of carboxylic acids is 1. The minimum Gasteiger partial charge on any atom is -0.477 e. The molecule has 1 heterocycles. The molecule has 2 rings (SSSR count). The van der Waals surface area contributed by atoms with Gasteiger partial charge < -0.3 is 15.7 Å². The van der Waals surface area contributed by atoms with Crippen LogP contribution in [0.4, 0.5) is 4.79 Å². The highest BCUT2D eigenvalue weighted by atomic mass is 32.1. The lowest BCUT2D eigenvalue weighted by Gasteiger charge is -2.05. The minimum atomic E-state index is -0.978. The number of aryl methyl sites for hydroxylation is 1. The predicted molar refractivity (Wildman–Crippen MR) is 71.3 cm³/mol. The maximum absolute atomic E-state index is 11.5. The molecule has 1 fully saturated rings. The average Bonchev–Trinajstić information content (AvgIpc) is 2.91. The molecule has 0 radical (unpaired) electrons. The third kappa shape index (κ3) is 3.66. The number of rotatable bonds is 5. The monoisotopic (exact) mass is 283 g/mol. The maximum Gasteiger partial charge on any atom is 0.347 e. The van der Waals surface area contributed by atoms with Crippen LogP contribution in [0.5, 0.6) is 0 Å². The molecule has 0 aliphatic heterocycles. The molecule has 1 aliphatic carbocycles. The molecule has 104 valence electrons. The Bertz CT molecular complexity index is 500. The van der Waals surface area contributed by atoms with Crippen LogP contribution in [-0.2, 0) is 6.54 Å². The quantitative estimate of drug-likeness (QED) is 0.765. The van der Waals surface area contributed by atoms with E-state index < -0.39 is 5.97 Å². The van der Waals surface area contributed by atoms with Crippen LogP contribution in [0.1, 0.15) is 33.7 Å². The predicted octanol–water partition coefficient (Wildman–Crippen LogP) is 1.60. The van der Waals surface area contributed by atoms with E-state index >= 15 is 0 Å². The molecule has 19 heavy (non-hydrogen) atoms. The van der Waals surface area contributed by atoms with Gasteiger partial charge in [0.15, 0.2) is 0 Å². The van der Waals surface area contributed by atoms with Crippen molar-refractivity contribution in [3.63, 3.8) is 0 Å². The fourth-order valence-corrected chi connectivity index (χ4v) is 2.70. The first-order valence-corrected chi connectivity index (χ1v) is 7.00. The fraction of sp³-hybridized carbons (Fsp3) is 0.583. The van der Waals surface area contributed by atoms with Crippen LogP contribution in [-0.4, -0.2) is 28.6 Å². The number of thiazole rings is 1. The van der Waals surface area contributed by atoms with E-state index in [9.17, 15) is 9.59 Å². The number of carbonyl (C=O) groups excluding carboxylic acids is 1. The minimum absolute atomic E-state index is 0.226. The zero-order valence-corrected chi connectivity index (χ0v) is 11.7. The number of hydrogen-bond donors (Lipinski definition) is 3. The van der Waals surface area contributed by atoms with Gasteiger partial charge in [0, 0.05) is 6.54 Å². The van der Waals surface area contributed by atoms with Crippen LogP contribution in [0.15, 0.2) is 0 Å². The van der Waals surface area contributed by atoms with E-state index in [1.54, 1.807) is 6.92 Å². The van der Waals surface area contributed by atoms with Crippen LogP contribution in [0, 0.1) is 18.8 Å². The summed E-state index contributed by atoms with van der Waals surface area (Å²) in [6.07, 6.45) is 1.17. The van der Waals surface area contributed by atoms with Crippen molar-refractivity contribution in [3.8, 4) is 0 Å². The van der Waals surface area contributed by atoms with Crippen molar-refractivity contribution >= 4 is 23.3 Å². The van der Waals surface area contributed by atoms with Crippen LogP contribution in [0.3, 0.4) is 0 Å². The first kappa shape index (κ1) is 13.8. The third-order valence-electron chi connectivity index (χ3n) is 3.24. The van der Waals surface area contributed by atoms with Gasteiger partial charge in [-0.05, 0) is 25.2 Å². The molecule has 0 bridgehead atoms. The van der Waals surface area contributed by atoms with E-state index in [0.29, 0.717) is 29.1 Å². The summed E-state index contributed by atoms with van der Waals surface area (Å²) in [5.74, 6) is 0.333. The Morgan fingerprint density at radius 2 is 2.16 bits per heavy atom. The summed E-state index contributed by atoms with van der Waals surface area (Å²) in [6, 6.07) is -0.233. The molecular formula is C12H17N3O3S. The molecular weight excluding hydrogens is 266 g/mol. The van der Waals surface area contributed by atoms with Crippen molar-refractivity contribution in [2.45, 2.75) is 26.8 Å². The zero-order chi connectivity index (χ0) is 14.0. The Hall–Kier alpha value is -1.63. The highest BCUT2D eigenvalue weighted by Crippen LogP contribution is 2.36. The van der Waals surface area contributed by atoms with Crippen molar-refractivity contribution in [1.82, 2.24) is 15.6 Å². The first-order valence-electron chi connectivity index (χ1n) is 6.18. The molecule has 2 amide bonds. The van der Waals surface area contributed by atoms with Crippen LogP contribution < -0.4 is 10.6 Å². The Morgan fingerprint density at radius 3 is 2.68 bits per heavy atom. The van der Waals surface area contributed by atoms with Gasteiger partial charge in [0.25, 0.3) is 0 Å². The third-order valence-corrected chi connectivity index (χ3v) is 4.38. The standard InChI is InChI=1S/C12H17N3O3S/c1-6-3-8(6)4-13-12(18)14-5-9-15-7(2)10(19-9)11(16)17/h6,8H,3-5H2,1-2H3,(H,16,17)(H2,13,14,18). The molecule has 1 aromatic rings. The number of carbonyl (C=O) groups is 2. The Labute approximate surface area is 115 Å². The molecule has 3 N–H and O–H groups in total. The van der Waals surface area contributed by atoms with Gasteiger partial charge >= 0.3 is 12.0 Å². The fourth-order valence-electron chi connectivity index (χ4n) is 1.85. The van der Waals surface area contributed by atoms with Gasteiger partial charge in [0.2, 0.25) is 0 Å². The van der Waals surface area contributed by atoms with E-state index in [1.807, 2.05) is 0 Å². The molecule has 0 spiro atoms. The summed E-state index contributed by atoms with van der Waals surface area (Å²) < 4.78 is 0. The van der Waals surface area contributed by atoms with Crippen molar-refractivity contribution < 1.29 is 14.7 Å². The number of nitrogens with one attached hydrogen (secondary N) is 2.